The maximum atomic E-state index is 12.9. The van der Waals surface area contributed by atoms with Crippen molar-refractivity contribution >= 4 is 15.9 Å². The van der Waals surface area contributed by atoms with Gasteiger partial charge in [-0.3, -0.25) is 4.79 Å². The number of aryl methyl sites for hydroxylation is 1. The van der Waals surface area contributed by atoms with Crippen LogP contribution in [0.25, 0.3) is 0 Å². The minimum Gasteiger partial charge on any atom is -0.464 e. The summed E-state index contributed by atoms with van der Waals surface area (Å²) in [6.45, 7) is 11.8. The van der Waals surface area contributed by atoms with E-state index in [0.717, 1.165) is 33.6 Å². The van der Waals surface area contributed by atoms with Crippen LogP contribution < -0.4 is 4.72 Å². The monoisotopic (exact) mass is 406 g/mol. The lowest BCUT2D eigenvalue weighted by Gasteiger charge is -2.19. The summed E-state index contributed by atoms with van der Waals surface area (Å²) in [4.78, 5) is 14.2. The Kier molecular flexibility index (Phi) is 6.72. The molecule has 0 unspecified atom stereocenters. The molecule has 7 heteroatoms. The number of nitrogens with zero attached hydrogens (tertiary/aromatic N) is 1. The average Bonchev–Trinajstić information content (AvgIpc) is 3.02. The Hall–Kier alpha value is -2.12. The van der Waals surface area contributed by atoms with Crippen LogP contribution in [-0.4, -0.2) is 32.8 Å². The van der Waals surface area contributed by atoms with Crippen LogP contribution in [0.15, 0.2) is 21.4 Å². The minimum absolute atomic E-state index is 0.0491. The summed E-state index contributed by atoms with van der Waals surface area (Å²) in [7, 11) is -2.02. The number of hydrogen-bond acceptors (Lipinski definition) is 4. The van der Waals surface area contributed by atoms with Crippen molar-refractivity contribution in [2.45, 2.75) is 59.4 Å². The van der Waals surface area contributed by atoms with Crippen molar-refractivity contribution in [2.75, 3.05) is 13.6 Å². The molecule has 1 heterocycles. The maximum Gasteiger partial charge on any atom is 0.241 e. The molecular weight excluding hydrogens is 376 g/mol. The Morgan fingerprint density at radius 2 is 1.50 bits per heavy atom. The van der Waals surface area contributed by atoms with Gasteiger partial charge < -0.3 is 9.32 Å². The van der Waals surface area contributed by atoms with E-state index < -0.39 is 10.0 Å². The van der Waals surface area contributed by atoms with Crippen molar-refractivity contribution in [1.82, 2.24) is 9.62 Å². The zero-order chi connectivity index (χ0) is 21.2. The van der Waals surface area contributed by atoms with Crippen LogP contribution in [0, 0.1) is 41.5 Å². The second-order valence-electron chi connectivity index (χ2n) is 7.36. The van der Waals surface area contributed by atoms with Gasteiger partial charge in [-0.1, -0.05) is 0 Å². The maximum absolute atomic E-state index is 12.9. The Labute approximate surface area is 168 Å². The number of carbonyl (C=O) groups excluding carboxylic acids is 1. The predicted octanol–water partition coefficient (Wildman–Crippen LogP) is 3.46. The van der Waals surface area contributed by atoms with E-state index in [4.69, 9.17) is 4.42 Å². The smallest absolute Gasteiger partial charge is 0.241 e. The number of benzene rings is 1. The number of sulfonamides is 1. The van der Waals surface area contributed by atoms with Crippen LogP contribution in [0.1, 0.15) is 45.8 Å². The Balaban J connectivity index is 2.05. The topological polar surface area (TPSA) is 79.6 Å². The van der Waals surface area contributed by atoms with Gasteiger partial charge in [0, 0.05) is 20.0 Å². The molecule has 0 aliphatic rings. The van der Waals surface area contributed by atoms with Crippen molar-refractivity contribution in [1.29, 1.82) is 0 Å². The minimum atomic E-state index is -3.70. The first-order chi connectivity index (χ1) is 13.0. The molecule has 1 aromatic heterocycles. The van der Waals surface area contributed by atoms with Crippen molar-refractivity contribution in [3.05, 3.63) is 51.5 Å². The fraction of sp³-hybridized carbons (Fsp3) is 0.476. The number of carbonyl (C=O) groups is 1. The molecule has 0 spiro atoms. The Bertz CT molecular complexity index is 961. The summed E-state index contributed by atoms with van der Waals surface area (Å²) in [5.41, 5.74) is 4.58. The molecule has 0 radical (unpaired) electrons. The Morgan fingerprint density at radius 1 is 0.964 bits per heavy atom. The molecule has 2 aromatic rings. The Morgan fingerprint density at radius 3 is 2.00 bits per heavy atom. The summed E-state index contributed by atoms with van der Waals surface area (Å²) in [6.07, 6.45) is 0.0807. The number of rotatable bonds is 7. The van der Waals surface area contributed by atoms with E-state index in [1.54, 1.807) is 7.05 Å². The van der Waals surface area contributed by atoms with E-state index in [0.29, 0.717) is 17.2 Å². The van der Waals surface area contributed by atoms with Gasteiger partial charge in [0.05, 0.1) is 11.4 Å². The van der Waals surface area contributed by atoms with E-state index >= 15 is 0 Å². The van der Waals surface area contributed by atoms with E-state index in [-0.39, 0.29) is 18.9 Å². The van der Waals surface area contributed by atoms with Crippen LogP contribution in [0.5, 0.6) is 0 Å². The van der Waals surface area contributed by atoms with Gasteiger partial charge in [0.2, 0.25) is 15.9 Å². The largest absolute Gasteiger partial charge is 0.464 e. The van der Waals surface area contributed by atoms with Crippen LogP contribution in [0.2, 0.25) is 0 Å². The predicted molar refractivity (Wildman–Crippen MR) is 110 cm³/mol. The third kappa shape index (κ3) is 4.64. The fourth-order valence-corrected chi connectivity index (χ4v) is 4.94. The van der Waals surface area contributed by atoms with E-state index in [1.807, 2.05) is 53.7 Å². The highest BCUT2D eigenvalue weighted by Crippen LogP contribution is 2.29. The number of amides is 1. The van der Waals surface area contributed by atoms with Gasteiger partial charge in [0.15, 0.2) is 0 Å². The highest BCUT2D eigenvalue weighted by atomic mass is 32.2. The molecule has 0 aliphatic heterocycles. The molecule has 0 saturated heterocycles. The fourth-order valence-electron chi connectivity index (χ4n) is 3.32. The van der Waals surface area contributed by atoms with Gasteiger partial charge in [-0.15, -0.1) is 0 Å². The van der Waals surface area contributed by atoms with E-state index in [2.05, 4.69) is 4.72 Å². The number of hydrogen-bond donors (Lipinski definition) is 1. The highest BCUT2D eigenvalue weighted by molar-refractivity contribution is 7.89. The van der Waals surface area contributed by atoms with Gasteiger partial charge in [-0.25, -0.2) is 13.1 Å². The lowest BCUT2D eigenvalue weighted by molar-refractivity contribution is -0.130. The lowest BCUT2D eigenvalue weighted by atomic mass is 9.95. The van der Waals surface area contributed by atoms with E-state index in [1.165, 1.54) is 4.90 Å². The average molecular weight is 407 g/mol. The molecule has 0 fully saturated rings. The van der Waals surface area contributed by atoms with Crippen molar-refractivity contribution in [3.63, 3.8) is 0 Å². The highest BCUT2D eigenvalue weighted by Gasteiger charge is 2.23. The zero-order valence-corrected chi connectivity index (χ0v) is 18.6. The molecule has 0 atom stereocenters. The third-order valence-corrected chi connectivity index (χ3v) is 7.18. The molecule has 2 rings (SSSR count). The summed E-state index contributed by atoms with van der Waals surface area (Å²) in [6, 6.07) is 3.67. The summed E-state index contributed by atoms with van der Waals surface area (Å²) in [5, 5.41) is 0. The van der Waals surface area contributed by atoms with Crippen molar-refractivity contribution in [2.24, 2.45) is 0 Å². The van der Waals surface area contributed by atoms with Crippen LogP contribution in [0.3, 0.4) is 0 Å². The lowest BCUT2D eigenvalue weighted by Crippen LogP contribution is -2.32. The number of furan rings is 1. The molecule has 28 heavy (non-hydrogen) atoms. The van der Waals surface area contributed by atoms with E-state index in [9.17, 15) is 13.2 Å². The summed E-state index contributed by atoms with van der Waals surface area (Å²) >= 11 is 0. The van der Waals surface area contributed by atoms with Gasteiger partial charge in [0.1, 0.15) is 11.5 Å². The van der Waals surface area contributed by atoms with Crippen LogP contribution in [-0.2, 0) is 21.4 Å². The first-order valence-electron chi connectivity index (χ1n) is 9.31. The second kappa shape index (κ2) is 8.49. The molecule has 0 aliphatic carbocycles. The molecule has 154 valence electrons. The van der Waals surface area contributed by atoms with Gasteiger partial charge in [-0.05, 0) is 81.5 Å². The molecule has 1 amide bonds. The second-order valence-corrected chi connectivity index (χ2v) is 9.07. The zero-order valence-electron chi connectivity index (χ0n) is 17.8. The first kappa shape index (κ1) is 22.2. The van der Waals surface area contributed by atoms with Gasteiger partial charge >= 0.3 is 0 Å². The van der Waals surface area contributed by atoms with Crippen molar-refractivity contribution in [3.8, 4) is 0 Å². The van der Waals surface area contributed by atoms with Crippen LogP contribution >= 0.6 is 0 Å². The summed E-state index contributed by atoms with van der Waals surface area (Å²) < 4.78 is 33.8. The third-order valence-electron chi connectivity index (χ3n) is 5.45. The van der Waals surface area contributed by atoms with Crippen LogP contribution in [0.4, 0.5) is 0 Å². The number of nitrogens with one attached hydrogen (secondary N) is 1. The first-order valence-corrected chi connectivity index (χ1v) is 10.8. The molecule has 1 N–H and O–H groups in total. The molecule has 1 aromatic carbocycles. The van der Waals surface area contributed by atoms with Crippen molar-refractivity contribution < 1.29 is 17.6 Å². The van der Waals surface area contributed by atoms with Gasteiger partial charge in [-0.2, -0.15) is 0 Å². The quantitative estimate of drug-likeness (QED) is 0.764. The van der Waals surface area contributed by atoms with Gasteiger partial charge in [0.25, 0.3) is 0 Å². The molecule has 0 saturated carbocycles. The normalized spacial score (nSPS) is 11.7. The molecule has 6 nitrogen and oxygen atoms in total. The molecule has 0 bridgehead atoms. The summed E-state index contributed by atoms with van der Waals surface area (Å²) in [5.74, 6) is 1.34. The standard InChI is InChI=1S/C21H30N2O4S/c1-13-8-9-19(27-13)12-23(7)20(24)10-11-22-28(25,26)21-17(5)15(3)14(2)16(4)18(21)6/h8-9,22H,10-12H2,1-7H3. The molecular formula is C21H30N2O4S. The SMILES string of the molecule is Cc1ccc(CN(C)C(=O)CCNS(=O)(=O)c2c(C)c(C)c(C)c(C)c2C)o1.